The van der Waals surface area contributed by atoms with Crippen molar-refractivity contribution in [3.05, 3.63) is 18.2 Å². The number of ether oxygens (including phenoxy) is 1. The lowest BCUT2D eigenvalue weighted by molar-refractivity contribution is -0.193. The molecule has 0 unspecified atom stereocenters. The summed E-state index contributed by atoms with van der Waals surface area (Å²) in [5.41, 5.74) is 0. The average Bonchev–Trinajstić information content (AvgIpc) is 3.47. The van der Waals surface area contributed by atoms with Gasteiger partial charge < -0.3 is 24.4 Å². The zero-order chi connectivity index (χ0) is 27.3. The fourth-order valence-corrected chi connectivity index (χ4v) is 4.23. The average molecular weight is 532 g/mol. The van der Waals surface area contributed by atoms with Crippen LogP contribution >= 0.6 is 0 Å². The maximum atomic E-state index is 12.1. The lowest BCUT2D eigenvalue weighted by atomic mass is 10.0. The van der Waals surface area contributed by atoms with E-state index in [1.165, 1.54) is 0 Å². The first-order chi connectivity index (χ1) is 16.6. The van der Waals surface area contributed by atoms with Gasteiger partial charge in [-0.15, -0.1) is 0 Å². The van der Waals surface area contributed by atoms with Crippen molar-refractivity contribution in [1.29, 1.82) is 0 Å². The van der Waals surface area contributed by atoms with Crippen LogP contribution < -0.4 is 0 Å². The topological polar surface area (TPSA) is 125 Å². The van der Waals surface area contributed by atoms with Gasteiger partial charge in [-0.05, 0) is 19.3 Å². The molecule has 16 heteroatoms. The van der Waals surface area contributed by atoms with E-state index in [1.54, 1.807) is 0 Å². The molecule has 204 valence electrons. The number of carbonyl (C=O) groups is 3. The molecule has 3 aliphatic heterocycles. The molecule has 4 heterocycles. The summed E-state index contributed by atoms with van der Waals surface area (Å²) >= 11 is 0. The zero-order valence-electron chi connectivity index (χ0n) is 19.1. The SMILES string of the molecule is Cn1ccnc1CN1C[C@H](N2CCCC2=O)[C@@H]2OCCC[C@@H]21.O=C(O)C(F)(F)F.O=C(O)C(F)(F)F. The highest BCUT2D eigenvalue weighted by molar-refractivity contribution is 5.78. The smallest absolute Gasteiger partial charge is 0.475 e. The standard InChI is InChI=1S/C16H24N4O2.2C2HF3O2/c1-18-8-6-17-14(18)11-19-10-13(20-7-2-5-15(20)21)16-12(19)4-3-9-22-16;2*3-2(4,5)1(6)7/h6,8,12-13,16H,2-5,7,9-11H2,1H3;2*(H,6,7)/t12-,13-,16+;;/m0../s1. The molecule has 3 fully saturated rings. The van der Waals surface area contributed by atoms with E-state index >= 15 is 0 Å². The summed E-state index contributed by atoms with van der Waals surface area (Å²) in [7, 11) is 2.04. The maximum absolute atomic E-state index is 12.1. The first-order valence-corrected chi connectivity index (χ1v) is 10.8. The number of carboxylic acids is 2. The second kappa shape index (κ2) is 11.9. The van der Waals surface area contributed by atoms with Crippen molar-refractivity contribution in [2.45, 2.75) is 62.8 Å². The van der Waals surface area contributed by atoms with Crippen molar-refractivity contribution in [3.63, 3.8) is 0 Å². The Hall–Kier alpha value is -2.88. The zero-order valence-corrected chi connectivity index (χ0v) is 19.1. The van der Waals surface area contributed by atoms with Crippen LogP contribution in [-0.2, 0) is 32.7 Å². The highest BCUT2D eigenvalue weighted by Gasteiger charge is 2.48. The Balaban J connectivity index is 0.000000271. The minimum Gasteiger partial charge on any atom is -0.475 e. The molecular weight excluding hydrogens is 506 g/mol. The molecule has 10 nitrogen and oxygen atoms in total. The molecule has 1 aromatic heterocycles. The molecule has 4 rings (SSSR count). The van der Waals surface area contributed by atoms with Crippen LogP contribution in [0.4, 0.5) is 26.3 Å². The van der Waals surface area contributed by atoms with Gasteiger partial charge in [0.25, 0.3) is 0 Å². The Bertz CT molecular complexity index is 897. The summed E-state index contributed by atoms with van der Waals surface area (Å²) in [5, 5.41) is 14.2. The van der Waals surface area contributed by atoms with Gasteiger partial charge in [0.05, 0.1) is 18.7 Å². The van der Waals surface area contributed by atoms with E-state index in [4.69, 9.17) is 24.5 Å². The molecule has 0 aromatic carbocycles. The number of carbonyl (C=O) groups excluding carboxylic acids is 1. The number of carboxylic acid groups (broad SMARTS) is 2. The minimum atomic E-state index is -5.08. The van der Waals surface area contributed by atoms with Gasteiger partial charge in [-0.1, -0.05) is 0 Å². The van der Waals surface area contributed by atoms with E-state index in [1.807, 2.05) is 19.4 Å². The third kappa shape index (κ3) is 7.81. The van der Waals surface area contributed by atoms with Crippen molar-refractivity contribution in [2.75, 3.05) is 19.7 Å². The number of aliphatic carboxylic acids is 2. The van der Waals surface area contributed by atoms with E-state index in [0.717, 1.165) is 51.3 Å². The van der Waals surface area contributed by atoms with Crippen LogP contribution in [0, 0.1) is 0 Å². The maximum Gasteiger partial charge on any atom is 0.490 e. The number of hydrogen-bond donors (Lipinski definition) is 2. The van der Waals surface area contributed by atoms with Crippen LogP contribution in [-0.4, -0.2) is 97.6 Å². The quantitative estimate of drug-likeness (QED) is 0.567. The molecule has 1 amide bonds. The Morgan fingerprint density at radius 1 is 1.08 bits per heavy atom. The van der Waals surface area contributed by atoms with Crippen LogP contribution in [0.2, 0.25) is 0 Å². The van der Waals surface area contributed by atoms with Crippen molar-refractivity contribution < 1.29 is 55.7 Å². The van der Waals surface area contributed by atoms with E-state index < -0.39 is 24.3 Å². The molecule has 1 aromatic rings. The van der Waals surface area contributed by atoms with Crippen molar-refractivity contribution >= 4 is 17.8 Å². The molecule has 0 spiro atoms. The van der Waals surface area contributed by atoms with E-state index in [9.17, 15) is 31.1 Å². The number of imidazole rings is 1. The van der Waals surface area contributed by atoms with Crippen molar-refractivity contribution in [1.82, 2.24) is 19.4 Å². The van der Waals surface area contributed by atoms with Crippen LogP contribution in [0.25, 0.3) is 0 Å². The predicted molar refractivity (Wildman–Crippen MR) is 108 cm³/mol. The Morgan fingerprint density at radius 3 is 2.11 bits per heavy atom. The molecule has 0 saturated carbocycles. The largest absolute Gasteiger partial charge is 0.490 e. The number of nitrogens with zero attached hydrogens (tertiary/aromatic N) is 4. The first kappa shape index (κ1) is 29.4. The molecule has 0 aliphatic carbocycles. The normalized spacial score (nSPS) is 24.4. The Kier molecular flexibility index (Phi) is 9.70. The third-order valence-electron chi connectivity index (χ3n) is 5.86. The lowest BCUT2D eigenvalue weighted by Crippen LogP contribution is -2.48. The number of rotatable bonds is 3. The van der Waals surface area contributed by atoms with Gasteiger partial charge in [-0.2, -0.15) is 26.3 Å². The fraction of sp³-hybridized carbons (Fsp3) is 0.700. The highest BCUT2D eigenvalue weighted by atomic mass is 19.4. The van der Waals surface area contributed by atoms with Crippen LogP contribution in [0.5, 0.6) is 0 Å². The number of alkyl halides is 6. The number of aryl methyl sites for hydroxylation is 1. The molecule has 0 bridgehead atoms. The summed E-state index contributed by atoms with van der Waals surface area (Å²) in [4.78, 5) is 38.9. The third-order valence-corrected chi connectivity index (χ3v) is 5.86. The summed E-state index contributed by atoms with van der Waals surface area (Å²) < 4.78 is 71.6. The number of amides is 1. The number of likely N-dealkylation sites (tertiary alicyclic amines) is 2. The number of halogens is 6. The van der Waals surface area contributed by atoms with Gasteiger partial charge in [-0.3, -0.25) is 9.69 Å². The molecule has 3 aliphatic rings. The number of aromatic nitrogens is 2. The first-order valence-electron chi connectivity index (χ1n) is 10.8. The van der Waals surface area contributed by atoms with Gasteiger partial charge in [-0.25, -0.2) is 14.6 Å². The van der Waals surface area contributed by atoms with Gasteiger partial charge in [0, 0.05) is 51.6 Å². The van der Waals surface area contributed by atoms with Gasteiger partial charge in [0.15, 0.2) is 0 Å². The molecule has 2 N–H and O–H groups in total. The highest BCUT2D eigenvalue weighted by Crippen LogP contribution is 2.34. The van der Waals surface area contributed by atoms with E-state index in [-0.39, 0.29) is 12.1 Å². The molecule has 0 radical (unpaired) electrons. The van der Waals surface area contributed by atoms with Gasteiger partial charge >= 0.3 is 24.3 Å². The summed E-state index contributed by atoms with van der Waals surface area (Å²) in [6.45, 7) is 3.47. The lowest BCUT2D eigenvalue weighted by Gasteiger charge is -2.34. The number of hydrogen-bond acceptors (Lipinski definition) is 6. The second-order valence-electron chi connectivity index (χ2n) is 8.29. The second-order valence-corrected chi connectivity index (χ2v) is 8.29. The minimum absolute atomic E-state index is 0.177. The fourth-order valence-electron chi connectivity index (χ4n) is 4.23. The van der Waals surface area contributed by atoms with Gasteiger partial charge in [0.2, 0.25) is 5.91 Å². The summed E-state index contributed by atoms with van der Waals surface area (Å²) in [5.74, 6) is -4.13. The molecular formula is C20H26F6N4O6. The molecule has 3 saturated heterocycles. The van der Waals surface area contributed by atoms with Crippen LogP contribution in [0.1, 0.15) is 31.5 Å². The molecule has 3 atom stereocenters. The summed E-state index contributed by atoms with van der Waals surface area (Å²) in [6, 6.07) is 0.643. The van der Waals surface area contributed by atoms with Crippen LogP contribution in [0.15, 0.2) is 12.4 Å². The molecule has 36 heavy (non-hydrogen) atoms. The van der Waals surface area contributed by atoms with Crippen LogP contribution in [0.3, 0.4) is 0 Å². The monoisotopic (exact) mass is 532 g/mol. The van der Waals surface area contributed by atoms with Crippen molar-refractivity contribution in [3.8, 4) is 0 Å². The van der Waals surface area contributed by atoms with Gasteiger partial charge in [0.1, 0.15) is 5.82 Å². The van der Waals surface area contributed by atoms with E-state index in [0.29, 0.717) is 18.4 Å². The number of fused-ring (bicyclic) bond motifs is 1. The predicted octanol–water partition coefficient (Wildman–Crippen LogP) is 2.04. The Labute approximate surface area is 201 Å². The van der Waals surface area contributed by atoms with E-state index in [2.05, 4.69) is 19.4 Å². The Morgan fingerprint density at radius 2 is 1.67 bits per heavy atom. The van der Waals surface area contributed by atoms with Crippen molar-refractivity contribution in [2.24, 2.45) is 7.05 Å². The summed E-state index contributed by atoms with van der Waals surface area (Å²) in [6.07, 6.45) is -2.19.